The normalized spacial score (nSPS) is 12.1. The number of furan rings is 1. The Morgan fingerprint density at radius 3 is 2.53 bits per heavy atom. The molecular weight excluding hydrogens is 232 g/mol. The fourth-order valence-corrected chi connectivity index (χ4v) is 3.02. The number of rotatable bonds is 2. The van der Waals surface area contributed by atoms with Crippen molar-refractivity contribution < 1.29 is 4.42 Å². The summed E-state index contributed by atoms with van der Waals surface area (Å²) in [4.78, 5) is 5.89. The van der Waals surface area contributed by atoms with Crippen LogP contribution in [-0.2, 0) is 12.0 Å². The molecule has 3 nitrogen and oxygen atoms in total. The van der Waals surface area contributed by atoms with Crippen molar-refractivity contribution in [2.75, 3.05) is 0 Å². The number of nitrogens with two attached hydrogens (primary N) is 1. The van der Waals surface area contributed by atoms with Crippen LogP contribution in [0.1, 0.15) is 37.1 Å². The van der Waals surface area contributed by atoms with E-state index in [1.807, 2.05) is 13.0 Å². The Kier molecular flexibility index (Phi) is 3.10. The molecular formula is C13H18N2OS. The molecule has 0 radical (unpaired) electrons. The summed E-state index contributed by atoms with van der Waals surface area (Å²) in [6, 6.07) is 1.96. The van der Waals surface area contributed by atoms with Gasteiger partial charge in [-0.05, 0) is 13.0 Å². The summed E-state index contributed by atoms with van der Waals surface area (Å²) < 4.78 is 5.32. The highest BCUT2D eigenvalue weighted by Crippen LogP contribution is 2.35. The van der Waals surface area contributed by atoms with Crippen molar-refractivity contribution in [3.63, 3.8) is 0 Å². The number of nitrogens with zero attached hydrogens (tertiary/aromatic N) is 1. The van der Waals surface area contributed by atoms with Gasteiger partial charge in [0.15, 0.2) is 0 Å². The molecule has 0 spiro atoms. The minimum absolute atomic E-state index is 0.0289. The molecule has 0 fully saturated rings. The van der Waals surface area contributed by atoms with Crippen LogP contribution in [0.5, 0.6) is 0 Å². The third kappa shape index (κ3) is 2.28. The van der Waals surface area contributed by atoms with Crippen molar-refractivity contribution in [1.29, 1.82) is 0 Å². The highest BCUT2D eigenvalue weighted by atomic mass is 32.1. The molecule has 2 N–H and O–H groups in total. The Hall–Kier alpha value is -1.13. The molecule has 0 bridgehead atoms. The highest BCUT2D eigenvalue weighted by Gasteiger charge is 2.23. The van der Waals surface area contributed by atoms with Gasteiger partial charge in [-0.2, -0.15) is 0 Å². The van der Waals surface area contributed by atoms with Gasteiger partial charge in [-0.25, -0.2) is 4.98 Å². The summed E-state index contributed by atoms with van der Waals surface area (Å²) in [5.41, 5.74) is 8.00. The summed E-state index contributed by atoms with van der Waals surface area (Å²) in [6.45, 7) is 8.98. The lowest BCUT2D eigenvalue weighted by Gasteiger charge is -2.16. The number of thiazole rings is 1. The first-order valence-electron chi connectivity index (χ1n) is 5.68. The average molecular weight is 250 g/mol. The smallest absolute Gasteiger partial charge is 0.127 e. The lowest BCUT2D eigenvalue weighted by molar-refractivity contribution is 0.535. The van der Waals surface area contributed by atoms with E-state index in [1.54, 1.807) is 17.6 Å². The molecule has 2 rings (SSSR count). The number of aryl methyl sites for hydroxylation is 1. The van der Waals surface area contributed by atoms with Crippen LogP contribution in [-0.4, -0.2) is 4.98 Å². The van der Waals surface area contributed by atoms with Gasteiger partial charge >= 0.3 is 0 Å². The fraction of sp³-hybridized carbons (Fsp3) is 0.462. The molecule has 92 valence electrons. The second kappa shape index (κ2) is 4.27. The average Bonchev–Trinajstić information content (AvgIpc) is 2.81. The monoisotopic (exact) mass is 250 g/mol. The maximum Gasteiger partial charge on any atom is 0.127 e. The van der Waals surface area contributed by atoms with Crippen molar-refractivity contribution in [1.82, 2.24) is 4.98 Å². The molecule has 0 amide bonds. The zero-order valence-electron chi connectivity index (χ0n) is 10.7. The van der Waals surface area contributed by atoms with Gasteiger partial charge in [-0.1, -0.05) is 20.8 Å². The zero-order valence-corrected chi connectivity index (χ0v) is 11.5. The van der Waals surface area contributed by atoms with Crippen LogP contribution < -0.4 is 5.73 Å². The van der Waals surface area contributed by atoms with Gasteiger partial charge in [0.25, 0.3) is 0 Å². The van der Waals surface area contributed by atoms with Crippen LogP contribution in [0.15, 0.2) is 16.7 Å². The SMILES string of the molecule is Cc1occc1-c1nc(C(C)(C)C)c(CN)s1. The van der Waals surface area contributed by atoms with Gasteiger partial charge in [0, 0.05) is 16.8 Å². The molecule has 2 aromatic rings. The van der Waals surface area contributed by atoms with Gasteiger partial charge in [0.05, 0.1) is 17.5 Å². The van der Waals surface area contributed by atoms with Crippen LogP contribution in [0.4, 0.5) is 0 Å². The van der Waals surface area contributed by atoms with Crippen molar-refractivity contribution in [2.45, 2.75) is 39.7 Å². The van der Waals surface area contributed by atoms with Gasteiger partial charge in [0.2, 0.25) is 0 Å². The largest absolute Gasteiger partial charge is 0.469 e. The minimum atomic E-state index is 0.0289. The van der Waals surface area contributed by atoms with Gasteiger partial charge in [-0.15, -0.1) is 11.3 Å². The molecule has 2 heterocycles. The maximum absolute atomic E-state index is 5.80. The van der Waals surface area contributed by atoms with Crippen LogP contribution in [0, 0.1) is 6.92 Å². The fourth-order valence-electron chi connectivity index (χ4n) is 1.80. The number of aromatic nitrogens is 1. The van der Waals surface area contributed by atoms with Gasteiger partial charge < -0.3 is 10.2 Å². The van der Waals surface area contributed by atoms with Crippen LogP contribution >= 0.6 is 11.3 Å². The topological polar surface area (TPSA) is 52.0 Å². The number of hydrogen-bond donors (Lipinski definition) is 1. The molecule has 0 atom stereocenters. The Bertz CT molecular complexity index is 520. The quantitative estimate of drug-likeness (QED) is 0.888. The van der Waals surface area contributed by atoms with E-state index in [4.69, 9.17) is 15.1 Å². The Morgan fingerprint density at radius 1 is 1.41 bits per heavy atom. The van der Waals surface area contributed by atoms with Crippen LogP contribution in [0.2, 0.25) is 0 Å². The van der Waals surface area contributed by atoms with Crippen molar-refractivity contribution in [3.05, 3.63) is 28.7 Å². The van der Waals surface area contributed by atoms with Crippen LogP contribution in [0.3, 0.4) is 0 Å². The van der Waals surface area contributed by atoms with E-state index in [0.717, 1.165) is 26.9 Å². The molecule has 0 aliphatic carbocycles. The first kappa shape index (κ1) is 12.3. The third-order valence-electron chi connectivity index (χ3n) is 2.68. The Labute approximate surface area is 106 Å². The standard InChI is InChI=1S/C13H18N2OS/c1-8-9(5-6-16-8)12-15-11(13(2,3)4)10(7-14)17-12/h5-6H,7,14H2,1-4H3. The predicted molar refractivity (Wildman–Crippen MR) is 71.1 cm³/mol. The van der Waals surface area contributed by atoms with E-state index in [9.17, 15) is 0 Å². The second-order valence-corrected chi connectivity index (χ2v) is 6.22. The van der Waals surface area contributed by atoms with Crippen molar-refractivity contribution in [3.8, 4) is 10.6 Å². The molecule has 2 aromatic heterocycles. The zero-order chi connectivity index (χ0) is 12.6. The predicted octanol–water partition coefficient (Wildman–Crippen LogP) is 3.47. The van der Waals surface area contributed by atoms with E-state index in [0.29, 0.717) is 6.54 Å². The first-order chi connectivity index (χ1) is 7.93. The molecule has 4 heteroatoms. The first-order valence-corrected chi connectivity index (χ1v) is 6.50. The van der Waals surface area contributed by atoms with E-state index < -0.39 is 0 Å². The van der Waals surface area contributed by atoms with Crippen LogP contribution in [0.25, 0.3) is 10.6 Å². The summed E-state index contributed by atoms with van der Waals surface area (Å²) in [7, 11) is 0. The molecule has 0 unspecified atom stereocenters. The van der Waals surface area contributed by atoms with E-state index in [-0.39, 0.29) is 5.41 Å². The molecule has 0 aromatic carbocycles. The second-order valence-electron chi connectivity index (χ2n) is 5.14. The Balaban J connectivity index is 2.52. The minimum Gasteiger partial charge on any atom is -0.469 e. The van der Waals surface area contributed by atoms with E-state index in [1.165, 1.54) is 0 Å². The summed E-state index contributed by atoms with van der Waals surface area (Å²) in [6.07, 6.45) is 1.70. The lowest BCUT2D eigenvalue weighted by Crippen LogP contribution is -2.15. The molecule has 0 saturated carbocycles. The van der Waals surface area contributed by atoms with Gasteiger partial charge in [0.1, 0.15) is 10.8 Å². The maximum atomic E-state index is 5.80. The van der Waals surface area contributed by atoms with Crippen molar-refractivity contribution >= 4 is 11.3 Å². The third-order valence-corrected chi connectivity index (χ3v) is 3.79. The Morgan fingerprint density at radius 2 is 2.12 bits per heavy atom. The lowest BCUT2D eigenvalue weighted by atomic mass is 9.91. The summed E-state index contributed by atoms with van der Waals surface area (Å²) in [5.74, 6) is 0.905. The summed E-state index contributed by atoms with van der Waals surface area (Å²) >= 11 is 1.66. The van der Waals surface area contributed by atoms with E-state index >= 15 is 0 Å². The summed E-state index contributed by atoms with van der Waals surface area (Å²) in [5, 5.41) is 1.00. The molecule has 0 aliphatic heterocycles. The molecule has 0 saturated heterocycles. The highest BCUT2D eigenvalue weighted by molar-refractivity contribution is 7.15. The van der Waals surface area contributed by atoms with Gasteiger partial charge in [-0.3, -0.25) is 0 Å². The van der Waals surface area contributed by atoms with E-state index in [2.05, 4.69) is 20.8 Å². The number of hydrogen-bond acceptors (Lipinski definition) is 4. The molecule has 17 heavy (non-hydrogen) atoms. The van der Waals surface area contributed by atoms with Crippen molar-refractivity contribution in [2.24, 2.45) is 5.73 Å². The molecule has 0 aliphatic rings.